The second kappa shape index (κ2) is 5.76. The highest BCUT2D eigenvalue weighted by molar-refractivity contribution is 7.92. The van der Waals surface area contributed by atoms with Crippen LogP contribution in [0.15, 0.2) is 16.3 Å². The molecule has 0 radical (unpaired) electrons. The molecule has 1 heterocycles. The van der Waals surface area contributed by atoms with Crippen LogP contribution in [0.4, 0.5) is 0 Å². The smallest absolute Gasteiger partial charge is 0.305 e. The third-order valence-corrected chi connectivity index (χ3v) is 6.50. The maximum atomic E-state index is 12.2. The first-order valence-electron chi connectivity index (χ1n) is 6.56. The summed E-state index contributed by atoms with van der Waals surface area (Å²) in [5.74, 6) is -1.35. The maximum Gasteiger partial charge on any atom is 0.305 e. The van der Waals surface area contributed by atoms with E-state index in [-0.39, 0.29) is 15.5 Å². The molecule has 8 heteroatoms. The van der Waals surface area contributed by atoms with Gasteiger partial charge in [-0.25, -0.2) is 8.42 Å². The number of sulfone groups is 1. The first-order chi connectivity index (χ1) is 9.72. The van der Waals surface area contributed by atoms with Crippen LogP contribution >= 0.6 is 11.3 Å². The van der Waals surface area contributed by atoms with Crippen LogP contribution in [-0.2, 0) is 14.6 Å². The number of amides is 1. The molecule has 21 heavy (non-hydrogen) atoms. The molecule has 0 bridgehead atoms. The van der Waals surface area contributed by atoms with Gasteiger partial charge in [-0.05, 0) is 25.0 Å². The van der Waals surface area contributed by atoms with Gasteiger partial charge in [0.2, 0.25) is 0 Å². The normalized spacial score (nSPS) is 17.6. The molecule has 0 aromatic carbocycles. The Hall–Kier alpha value is -1.41. The minimum atomic E-state index is -3.33. The summed E-state index contributed by atoms with van der Waals surface area (Å²) in [7, 11) is -3.33. The standard InChI is InChI=1S/C13H17NO5S2/c1-21(18,19)11-5-4-9(20-11)12(17)14-13(8-10(15)16)6-2-3-7-13/h4-5H,2-3,6-8H2,1H3,(H,14,17)(H,15,16). The van der Waals surface area contributed by atoms with Gasteiger partial charge in [0.05, 0.1) is 16.8 Å². The molecule has 2 N–H and O–H groups in total. The van der Waals surface area contributed by atoms with E-state index in [0.29, 0.717) is 12.8 Å². The van der Waals surface area contributed by atoms with Crippen molar-refractivity contribution in [3.63, 3.8) is 0 Å². The molecule has 1 aromatic heterocycles. The van der Waals surface area contributed by atoms with Gasteiger partial charge in [0.15, 0.2) is 9.84 Å². The second-order valence-corrected chi connectivity index (χ2v) is 8.73. The number of carbonyl (C=O) groups excluding carboxylic acids is 1. The van der Waals surface area contributed by atoms with Crippen LogP contribution < -0.4 is 5.32 Å². The molecule has 0 spiro atoms. The molecule has 116 valence electrons. The summed E-state index contributed by atoms with van der Waals surface area (Å²) in [6.45, 7) is 0. The number of nitrogens with one attached hydrogen (secondary N) is 1. The largest absolute Gasteiger partial charge is 0.481 e. The minimum absolute atomic E-state index is 0.108. The Bertz CT molecular complexity index is 656. The Labute approximate surface area is 127 Å². The molecular formula is C13H17NO5S2. The van der Waals surface area contributed by atoms with E-state index < -0.39 is 27.3 Å². The first-order valence-corrected chi connectivity index (χ1v) is 9.27. The first kappa shape index (κ1) is 16.0. The number of carboxylic acids is 1. The van der Waals surface area contributed by atoms with E-state index in [1.54, 1.807) is 0 Å². The Morgan fingerprint density at radius 2 is 1.95 bits per heavy atom. The van der Waals surface area contributed by atoms with Crippen molar-refractivity contribution in [1.29, 1.82) is 0 Å². The molecule has 0 aliphatic heterocycles. The lowest BCUT2D eigenvalue weighted by Gasteiger charge is -2.28. The summed E-state index contributed by atoms with van der Waals surface area (Å²) in [6.07, 6.45) is 4.01. The highest BCUT2D eigenvalue weighted by Gasteiger charge is 2.37. The lowest BCUT2D eigenvalue weighted by Crippen LogP contribution is -2.47. The number of hydrogen-bond donors (Lipinski definition) is 2. The van der Waals surface area contributed by atoms with Crippen molar-refractivity contribution in [2.24, 2.45) is 0 Å². The molecule has 1 fully saturated rings. The van der Waals surface area contributed by atoms with E-state index >= 15 is 0 Å². The molecule has 0 atom stereocenters. The molecule has 0 saturated heterocycles. The van der Waals surface area contributed by atoms with Crippen LogP contribution in [0.2, 0.25) is 0 Å². The highest BCUT2D eigenvalue weighted by atomic mass is 32.2. The predicted octanol–water partition coefficient (Wildman–Crippen LogP) is 1.67. The molecule has 1 aromatic rings. The molecule has 1 aliphatic carbocycles. The Morgan fingerprint density at radius 1 is 1.33 bits per heavy atom. The monoisotopic (exact) mass is 331 g/mol. The summed E-state index contributed by atoms with van der Waals surface area (Å²) in [5.41, 5.74) is -0.710. The van der Waals surface area contributed by atoms with Crippen LogP contribution in [0.25, 0.3) is 0 Å². The van der Waals surface area contributed by atoms with E-state index in [4.69, 9.17) is 5.11 Å². The van der Waals surface area contributed by atoms with Crippen LogP contribution in [0.5, 0.6) is 0 Å². The van der Waals surface area contributed by atoms with Crippen molar-refractivity contribution < 1.29 is 23.1 Å². The zero-order valence-electron chi connectivity index (χ0n) is 11.6. The van der Waals surface area contributed by atoms with Crippen molar-refractivity contribution in [3.8, 4) is 0 Å². The van der Waals surface area contributed by atoms with E-state index in [1.165, 1.54) is 12.1 Å². The molecule has 1 saturated carbocycles. The summed E-state index contributed by atoms with van der Waals surface area (Å²) < 4.78 is 23.0. The lowest BCUT2D eigenvalue weighted by molar-refractivity contribution is -0.138. The number of carboxylic acid groups (broad SMARTS) is 1. The van der Waals surface area contributed by atoms with Crippen LogP contribution in [0, 0.1) is 0 Å². The molecule has 0 unspecified atom stereocenters. The average molecular weight is 331 g/mol. The molecule has 1 aliphatic rings. The van der Waals surface area contributed by atoms with Gasteiger partial charge in [-0.15, -0.1) is 11.3 Å². The van der Waals surface area contributed by atoms with Crippen molar-refractivity contribution in [2.75, 3.05) is 6.26 Å². The molecule has 1 amide bonds. The van der Waals surface area contributed by atoms with Crippen molar-refractivity contribution in [3.05, 3.63) is 17.0 Å². The van der Waals surface area contributed by atoms with Gasteiger partial charge < -0.3 is 10.4 Å². The van der Waals surface area contributed by atoms with Gasteiger partial charge in [-0.3, -0.25) is 9.59 Å². The number of aliphatic carboxylic acids is 1. The van der Waals surface area contributed by atoms with E-state index in [9.17, 15) is 18.0 Å². The zero-order valence-corrected chi connectivity index (χ0v) is 13.2. The third kappa shape index (κ3) is 3.82. The third-order valence-electron chi connectivity index (χ3n) is 3.60. The fourth-order valence-electron chi connectivity index (χ4n) is 2.63. The van der Waals surface area contributed by atoms with Gasteiger partial charge in [-0.1, -0.05) is 12.8 Å². The minimum Gasteiger partial charge on any atom is -0.481 e. The summed E-state index contributed by atoms with van der Waals surface area (Å²) >= 11 is 0.901. The van der Waals surface area contributed by atoms with Crippen molar-refractivity contribution >= 4 is 33.1 Å². The molecule has 2 rings (SSSR count). The number of thiophene rings is 1. The highest BCUT2D eigenvalue weighted by Crippen LogP contribution is 2.33. The van der Waals surface area contributed by atoms with E-state index in [2.05, 4.69) is 5.32 Å². The Kier molecular flexibility index (Phi) is 4.38. The molecule has 6 nitrogen and oxygen atoms in total. The van der Waals surface area contributed by atoms with Crippen LogP contribution in [0.3, 0.4) is 0 Å². The number of rotatable bonds is 5. The maximum absolute atomic E-state index is 12.2. The summed E-state index contributed by atoms with van der Waals surface area (Å²) in [5, 5.41) is 11.8. The molecular weight excluding hydrogens is 314 g/mol. The fourth-order valence-corrected chi connectivity index (χ4v) is 4.45. The van der Waals surface area contributed by atoms with Gasteiger partial charge in [0, 0.05) is 6.26 Å². The SMILES string of the molecule is CS(=O)(=O)c1ccc(C(=O)NC2(CC(=O)O)CCCC2)s1. The van der Waals surface area contributed by atoms with Crippen molar-refractivity contribution in [2.45, 2.75) is 41.9 Å². The predicted molar refractivity (Wildman–Crippen MR) is 78.3 cm³/mol. The number of hydrogen-bond acceptors (Lipinski definition) is 5. The average Bonchev–Trinajstić information content (AvgIpc) is 2.95. The van der Waals surface area contributed by atoms with Gasteiger partial charge in [0.25, 0.3) is 5.91 Å². The summed E-state index contributed by atoms with van der Waals surface area (Å²) in [6, 6.07) is 2.85. The lowest BCUT2D eigenvalue weighted by atomic mass is 9.93. The fraction of sp³-hybridized carbons (Fsp3) is 0.538. The van der Waals surface area contributed by atoms with Crippen LogP contribution in [0.1, 0.15) is 41.8 Å². The van der Waals surface area contributed by atoms with Crippen molar-refractivity contribution in [1.82, 2.24) is 5.32 Å². The van der Waals surface area contributed by atoms with Gasteiger partial charge in [-0.2, -0.15) is 0 Å². The van der Waals surface area contributed by atoms with E-state index in [0.717, 1.165) is 30.4 Å². The Balaban J connectivity index is 2.16. The summed E-state index contributed by atoms with van der Waals surface area (Å²) in [4.78, 5) is 23.5. The Morgan fingerprint density at radius 3 is 2.43 bits per heavy atom. The van der Waals surface area contributed by atoms with E-state index in [1.807, 2.05) is 0 Å². The zero-order chi connectivity index (χ0) is 15.7. The number of carbonyl (C=O) groups is 2. The topological polar surface area (TPSA) is 101 Å². The van der Waals surface area contributed by atoms with Gasteiger partial charge >= 0.3 is 5.97 Å². The second-order valence-electron chi connectivity index (χ2n) is 5.40. The quantitative estimate of drug-likeness (QED) is 0.855. The van der Waals surface area contributed by atoms with Gasteiger partial charge in [0.1, 0.15) is 4.21 Å². The van der Waals surface area contributed by atoms with Crippen LogP contribution in [-0.4, -0.2) is 37.2 Å².